The molecule has 0 saturated carbocycles. The summed E-state index contributed by atoms with van der Waals surface area (Å²) in [6.45, 7) is 8.08. The van der Waals surface area contributed by atoms with E-state index in [1.807, 2.05) is 6.07 Å². The minimum atomic E-state index is -3.46. The van der Waals surface area contributed by atoms with Crippen LogP contribution in [0.1, 0.15) is 50.5 Å². The fourth-order valence-electron chi connectivity index (χ4n) is 3.34. The van der Waals surface area contributed by atoms with Crippen LogP contribution in [0.15, 0.2) is 54.1 Å². The van der Waals surface area contributed by atoms with Gasteiger partial charge in [0.1, 0.15) is 24.7 Å². The number of nitrogens with one attached hydrogen (secondary N) is 1. The maximum atomic E-state index is 12.9. The van der Waals surface area contributed by atoms with E-state index < -0.39 is 27.7 Å². The van der Waals surface area contributed by atoms with Gasteiger partial charge in [-0.1, -0.05) is 12.1 Å². The number of ether oxygens (including phenoxy) is 2. The molecular formula is C28H33N3O7S. The number of rotatable bonds is 13. The summed E-state index contributed by atoms with van der Waals surface area (Å²) >= 11 is 0. The molecular weight excluding hydrogens is 522 g/mol. The van der Waals surface area contributed by atoms with Gasteiger partial charge in [0.25, 0.3) is 0 Å². The zero-order valence-corrected chi connectivity index (χ0v) is 23.4. The number of Topliss-reactive ketones (excluding diaryl/α,β-unsaturated/α-hetero) is 1. The van der Waals surface area contributed by atoms with E-state index >= 15 is 0 Å². The van der Waals surface area contributed by atoms with E-state index in [0.717, 1.165) is 0 Å². The van der Waals surface area contributed by atoms with E-state index in [-0.39, 0.29) is 42.2 Å². The van der Waals surface area contributed by atoms with Crippen LogP contribution in [0.2, 0.25) is 0 Å². The zero-order chi connectivity index (χ0) is 29.2. The molecule has 0 fully saturated rings. The molecule has 0 bridgehead atoms. The summed E-state index contributed by atoms with van der Waals surface area (Å²) < 4.78 is 36.3. The number of anilines is 2. The first-order valence-electron chi connectivity index (χ1n) is 12.3. The van der Waals surface area contributed by atoms with E-state index in [0.29, 0.717) is 16.9 Å². The summed E-state index contributed by atoms with van der Waals surface area (Å²) in [5, 5.41) is 9.60. The molecule has 0 aliphatic heterocycles. The first kappa shape index (κ1) is 31.1. The van der Waals surface area contributed by atoms with Gasteiger partial charge in [0.05, 0.1) is 18.0 Å². The number of allylic oxidation sites excluding steroid dienone is 1. The highest BCUT2D eigenvalue weighted by molar-refractivity contribution is 7.92. The highest BCUT2D eigenvalue weighted by Crippen LogP contribution is 2.20. The summed E-state index contributed by atoms with van der Waals surface area (Å²) in [6.07, 6.45) is 0.797. The van der Waals surface area contributed by atoms with Crippen molar-refractivity contribution in [2.75, 3.05) is 28.5 Å². The Morgan fingerprint density at radius 1 is 0.923 bits per heavy atom. The number of hydrogen-bond acceptors (Lipinski definition) is 9. The lowest BCUT2D eigenvalue weighted by Crippen LogP contribution is -2.37. The number of nitrogens with zero attached hydrogens (tertiary/aromatic N) is 2. The van der Waals surface area contributed by atoms with Crippen LogP contribution in [0.3, 0.4) is 0 Å². The summed E-state index contributed by atoms with van der Waals surface area (Å²) in [4.78, 5) is 39.0. The van der Waals surface area contributed by atoms with Crippen molar-refractivity contribution in [1.29, 1.82) is 5.26 Å². The Morgan fingerprint density at radius 3 is 1.87 bits per heavy atom. The Bertz CT molecular complexity index is 1320. The van der Waals surface area contributed by atoms with Crippen LogP contribution in [0.5, 0.6) is 0 Å². The monoisotopic (exact) mass is 555 g/mol. The standard InChI is InChI=1S/C28H33N3O7S/c1-6-39(35,36)30-24-11-9-22(10-12-24)28(34)23(16-29)15-21-7-13-25(14-8-21)31(17-26(32)37-19(2)3)18-27(33)38-20(4)5/h7-15,19-20,30H,6,17-18H2,1-5H3/b23-15-. The summed E-state index contributed by atoms with van der Waals surface area (Å²) in [5.41, 5.74) is 1.50. The molecule has 0 aliphatic carbocycles. The van der Waals surface area contributed by atoms with Crippen LogP contribution in [-0.2, 0) is 29.1 Å². The Balaban J connectivity index is 2.24. The average Bonchev–Trinajstić information content (AvgIpc) is 2.86. The minimum Gasteiger partial charge on any atom is -0.462 e. The number of esters is 2. The molecule has 1 N–H and O–H groups in total. The van der Waals surface area contributed by atoms with Gasteiger partial charge in [0.15, 0.2) is 0 Å². The Labute approximate surface area is 229 Å². The molecule has 0 spiro atoms. The quantitative estimate of drug-likeness (QED) is 0.168. The van der Waals surface area contributed by atoms with Gasteiger partial charge in [-0.15, -0.1) is 0 Å². The van der Waals surface area contributed by atoms with Crippen molar-refractivity contribution in [3.05, 3.63) is 65.2 Å². The second kappa shape index (κ2) is 14.1. The predicted octanol–water partition coefficient (Wildman–Crippen LogP) is 3.95. The summed E-state index contributed by atoms with van der Waals surface area (Å²) in [7, 11) is -3.46. The van der Waals surface area contributed by atoms with Crippen LogP contribution in [0, 0.1) is 11.3 Å². The van der Waals surface area contributed by atoms with Crippen molar-refractivity contribution >= 4 is 45.2 Å². The Morgan fingerprint density at radius 2 is 1.44 bits per heavy atom. The molecule has 0 amide bonds. The molecule has 0 radical (unpaired) electrons. The van der Waals surface area contributed by atoms with Gasteiger partial charge in [-0.25, -0.2) is 8.42 Å². The minimum absolute atomic E-state index is 0.0877. The van der Waals surface area contributed by atoms with Gasteiger partial charge in [0, 0.05) is 16.9 Å². The normalized spacial score (nSPS) is 11.6. The predicted molar refractivity (Wildman–Crippen MR) is 149 cm³/mol. The lowest BCUT2D eigenvalue weighted by Gasteiger charge is -2.24. The van der Waals surface area contributed by atoms with Crippen LogP contribution in [0.4, 0.5) is 11.4 Å². The Hall–Kier alpha value is -4.17. The number of benzene rings is 2. The molecule has 0 aliphatic rings. The second-order valence-electron chi connectivity index (χ2n) is 9.11. The van der Waals surface area contributed by atoms with Gasteiger partial charge in [-0.2, -0.15) is 5.26 Å². The SMILES string of the molecule is CCS(=O)(=O)Nc1ccc(C(=O)/C(C#N)=C\c2ccc(N(CC(=O)OC(C)C)CC(=O)OC(C)C)cc2)cc1. The average molecular weight is 556 g/mol. The zero-order valence-electron chi connectivity index (χ0n) is 22.6. The summed E-state index contributed by atoms with van der Waals surface area (Å²) in [6, 6.07) is 14.3. The molecule has 0 unspecified atom stereocenters. The van der Waals surface area contributed by atoms with Crippen molar-refractivity contribution in [3.8, 4) is 6.07 Å². The molecule has 0 atom stereocenters. The van der Waals surface area contributed by atoms with Crippen molar-refractivity contribution in [2.45, 2.75) is 46.8 Å². The van der Waals surface area contributed by atoms with Gasteiger partial charge in [-0.3, -0.25) is 19.1 Å². The molecule has 2 aromatic carbocycles. The summed E-state index contributed by atoms with van der Waals surface area (Å²) in [5.74, 6) is -1.62. The van der Waals surface area contributed by atoms with Crippen LogP contribution >= 0.6 is 0 Å². The van der Waals surface area contributed by atoms with Crippen LogP contribution in [-0.4, -0.2) is 57.2 Å². The van der Waals surface area contributed by atoms with Gasteiger partial charge < -0.3 is 14.4 Å². The first-order chi connectivity index (χ1) is 18.3. The van der Waals surface area contributed by atoms with Crippen molar-refractivity contribution in [2.24, 2.45) is 0 Å². The van der Waals surface area contributed by atoms with Crippen LogP contribution < -0.4 is 9.62 Å². The largest absolute Gasteiger partial charge is 0.462 e. The fourth-order valence-corrected chi connectivity index (χ4v) is 3.98. The Kier molecular flexibility index (Phi) is 11.2. The first-order valence-corrected chi connectivity index (χ1v) is 14.0. The third-order valence-corrected chi connectivity index (χ3v) is 6.42. The fraction of sp³-hybridized carbons (Fsp3) is 0.357. The van der Waals surface area contributed by atoms with E-state index in [4.69, 9.17) is 9.47 Å². The van der Waals surface area contributed by atoms with Crippen molar-refractivity contribution in [3.63, 3.8) is 0 Å². The third kappa shape index (κ3) is 10.2. The number of ketones is 1. The number of carbonyl (C=O) groups excluding carboxylic acids is 3. The molecule has 208 valence electrons. The van der Waals surface area contributed by atoms with Gasteiger partial charge >= 0.3 is 11.9 Å². The molecule has 0 aromatic heterocycles. The lowest BCUT2D eigenvalue weighted by atomic mass is 10.0. The molecule has 2 rings (SSSR count). The molecule has 2 aromatic rings. The topological polar surface area (TPSA) is 143 Å². The van der Waals surface area contributed by atoms with E-state index in [1.165, 1.54) is 42.2 Å². The number of nitriles is 1. The number of sulfonamides is 1. The van der Waals surface area contributed by atoms with E-state index in [9.17, 15) is 28.1 Å². The lowest BCUT2D eigenvalue weighted by molar-refractivity contribution is -0.146. The van der Waals surface area contributed by atoms with E-state index in [2.05, 4.69) is 4.72 Å². The number of hydrogen-bond donors (Lipinski definition) is 1. The molecule has 10 nitrogen and oxygen atoms in total. The molecule has 0 saturated heterocycles. The van der Waals surface area contributed by atoms with Gasteiger partial charge in [-0.05, 0) is 82.7 Å². The van der Waals surface area contributed by atoms with E-state index in [1.54, 1.807) is 52.0 Å². The number of carbonyl (C=O) groups is 3. The highest BCUT2D eigenvalue weighted by Gasteiger charge is 2.19. The van der Waals surface area contributed by atoms with Crippen LogP contribution in [0.25, 0.3) is 6.08 Å². The second-order valence-corrected chi connectivity index (χ2v) is 11.1. The smallest absolute Gasteiger partial charge is 0.325 e. The third-order valence-electron chi connectivity index (χ3n) is 5.11. The van der Waals surface area contributed by atoms with Crippen molar-refractivity contribution < 1.29 is 32.3 Å². The maximum absolute atomic E-state index is 12.9. The highest BCUT2D eigenvalue weighted by atomic mass is 32.2. The van der Waals surface area contributed by atoms with Gasteiger partial charge in [0.2, 0.25) is 15.8 Å². The van der Waals surface area contributed by atoms with Crippen molar-refractivity contribution in [1.82, 2.24) is 0 Å². The molecule has 0 heterocycles. The molecule has 11 heteroatoms. The molecule has 39 heavy (non-hydrogen) atoms. The maximum Gasteiger partial charge on any atom is 0.325 e.